The number of H-pyrrole nitrogens is 1. The monoisotopic (exact) mass is 550 g/mol. The number of hydrogen-bond acceptors (Lipinski definition) is 4. The Kier molecular flexibility index (Phi) is 5.91. The molecule has 2 N–H and O–H groups in total. The summed E-state index contributed by atoms with van der Waals surface area (Å²) < 4.78 is 5.89. The number of aromatic amines is 1. The molecule has 35 heavy (non-hydrogen) atoms. The second-order valence-corrected chi connectivity index (χ2v) is 9.50. The van der Waals surface area contributed by atoms with Crippen molar-refractivity contribution < 1.29 is 19.4 Å². The van der Waals surface area contributed by atoms with E-state index in [1.165, 1.54) is 12.0 Å². The number of hydrogen-bond donors (Lipinski definition) is 2. The lowest BCUT2D eigenvalue weighted by Gasteiger charge is -2.26. The summed E-state index contributed by atoms with van der Waals surface area (Å²) in [5, 5.41) is 12.7. The second-order valence-electron chi connectivity index (χ2n) is 8.21. The molecule has 1 aromatic heterocycles. The minimum Gasteiger partial charge on any atom is -0.507 e. The van der Waals surface area contributed by atoms with E-state index in [0.717, 1.165) is 22.2 Å². The standard InChI is InChI=1S/C27H20BrClN2O4/c1-14-22(18-8-3-4-9-20(18)30-14)24-23(25(32)15-10-11-21(35-2)19(28)12-15)26(33)27(34)31(24)17-7-5-6-16(29)13-17/h3-13,24,30,32H,1-2H3/b25-23+. The van der Waals surface area contributed by atoms with Crippen molar-refractivity contribution in [3.8, 4) is 5.75 Å². The molecule has 176 valence electrons. The fraction of sp³-hybridized carbons (Fsp3) is 0.111. The van der Waals surface area contributed by atoms with Crippen molar-refractivity contribution in [1.82, 2.24) is 4.98 Å². The van der Waals surface area contributed by atoms with Crippen LogP contribution in [-0.2, 0) is 9.59 Å². The average Bonchev–Trinajstić information content (AvgIpc) is 3.30. The van der Waals surface area contributed by atoms with Crippen LogP contribution in [0.1, 0.15) is 22.9 Å². The molecule has 0 radical (unpaired) electrons. The normalized spacial score (nSPS) is 17.4. The van der Waals surface area contributed by atoms with E-state index < -0.39 is 17.7 Å². The Labute approximate surface area is 214 Å². The molecular formula is C27H20BrClN2O4. The number of ketones is 1. The van der Waals surface area contributed by atoms with Gasteiger partial charge in [-0.25, -0.2) is 0 Å². The van der Waals surface area contributed by atoms with Gasteiger partial charge in [0.2, 0.25) is 0 Å². The van der Waals surface area contributed by atoms with Crippen LogP contribution in [0.15, 0.2) is 76.8 Å². The molecule has 1 aliphatic rings. The first-order chi connectivity index (χ1) is 16.8. The topological polar surface area (TPSA) is 82.6 Å². The number of aromatic nitrogens is 1. The lowest BCUT2D eigenvalue weighted by molar-refractivity contribution is -0.132. The average molecular weight is 552 g/mol. The van der Waals surface area contributed by atoms with Gasteiger partial charge in [0.05, 0.1) is 23.2 Å². The number of aliphatic hydroxyl groups is 1. The first-order valence-electron chi connectivity index (χ1n) is 10.8. The fourth-order valence-electron chi connectivity index (χ4n) is 4.62. The van der Waals surface area contributed by atoms with Crippen LogP contribution in [0.4, 0.5) is 5.69 Å². The van der Waals surface area contributed by atoms with Gasteiger partial charge in [-0.15, -0.1) is 0 Å². The number of rotatable bonds is 4. The molecular weight excluding hydrogens is 532 g/mol. The van der Waals surface area contributed by atoms with Crippen LogP contribution in [0.3, 0.4) is 0 Å². The minimum absolute atomic E-state index is 0.0000968. The van der Waals surface area contributed by atoms with Gasteiger partial charge in [0.15, 0.2) is 0 Å². The molecule has 1 aliphatic heterocycles. The van der Waals surface area contributed by atoms with E-state index in [-0.39, 0.29) is 11.3 Å². The van der Waals surface area contributed by atoms with Crippen molar-refractivity contribution in [3.05, 3.63) is 98.6 Å². The second kappa shape index (κ2) is 8.91. The Morgan fingerprint density at radius 2 is 1.86 bits per heavy atom. The number of nitrogens with one attached hydrogen (secondary N) is 1. The highest BCUT2D eigenvalue weighted by atomic mass is 79.9. The largest absolute Gasteiger partial charge is 0.507 e. The van der Waals surface area contributed by atoms with Crippen LogP contribution in [0.2, 0.25) is 5.02 Å². The number of aliphatic hydroxyl groups excluding tert-OH is 1. The number of nitrogens with zero attached hydrogens (tertiary/aromatic N) is 1. The third-order valence-electron chi connectivity index (χ3n) is 6.17. The molecule has 1 unspecified atom stereocenters. The number of carbonyl (C=O) groups excluding carboxylic acids is 2. The quantitative estimate of drug-likeness (QED) is 0.172. The molecule has 1 amide bonds. The van der Waals surface area contributed by atoms with E-state index in [1.54, 1.807) is 42.5 Å². The van der Waals surface area contributed by atoms with Crippen LogP contribution in [0.25, 0.3) is 16.7 Å². The number of fused-ring (bicyclic) bond motifs is 1. The number of halogens is 2. The molecule has 3 aromatic carbocycles. The van der Waals surface area contributed by atoms with Crippen molar-refractivity contribution >= 4 is 61.6 Å². The molecule has 4 aromatic rings. The van der Waals surface area contributed by atoms with Crippen LogP contribution in [0.5, 0.6) is 5.75 Å². The maximum absolute atomic E-state index is 13.5. The third kappa shape index (κ3) is 3.81. The third-order valence-corrected chi connectivity index (χ3v) is 7.03. The number of Topliss-reactive ketones (excluding diaryl/α,β-unsaturated/α-hetero) is 1. The number of benzene rings is 3. The van der Waals surface area contributed by atoms with Gasteiger partial charge in [0, 0.05) is 38.4 Å². The van der Waals surface area contributed by atoms with Crippen LogP contribution >= 0.6 is 27.5 Å². The summed E-state index contributed by atoms with van der Waals surface area (Å²) in [6, 6.07) is 18.5. The molecule has 1 saturated heterocycles. The predicted octanol–water partition coefficient (Wildman–Crippen LogP) is 6.53. The van der Waals surface area contributed by atoms with Gasteiger partial charge in [-0.1, -0.05) is 35.9 Å². The molecule has 0 saturated carbocycles. The SMILES string of the molecule is COc1ccc(/C(O)=C2\C(=O)C(=O)N(c3cccc(Cl)c3)C2c2c(C)[nH]c3ccccc23)cc1Br. The Bertz CT molecular complexity index is 1540. The zero-order valence-corrected chi connectivity index (χ0v) is 21.1. The Morgan fingerprint density at radius 1 is 1.09 bits per heavy atom. The van der Waals surface area contributed by atoms with E-state index in [1.807, 2.05) is 31.2 Å². The molecule has 0 spiro atoms. The van der Waals surface area contributed by atoms with Gasteiger partial charge in [-0.3, -0.25) is 14.5 Å². The van der Waals surface area contributed by atoms with Crippen LogP contribution < -0.4 is 9.64 Å². The zero-order valence-electron chi connectivity index (χ0n) is 18.8. The van der Waals surface area contributed by atoms with Gasteiger partial charge < -0.3 is 14.8 Å². The molecule has 0 aliphatic carbocycles. The van der Waals surface area contributed by atoms with E-state index in [4.69, 9.17) is 16.3 Å². The molecule has 2 heterocycles. The maximum Gasteiger partial charge on any atom is 0.300 e. The summed E-state index contributed by atoms with van der Waals surface area (Å²) in [4.78, 5) is 31.6. The highest BCUT2D eigenvalue weighted by Gasteiger charge is 2.48. The molecule has 1 atom stereocenters. The van der Waals surface area contributed by atoms with Gasteiger partial charge in [0.25, 0.3) is 11.7 Å². The lowest BCUT2D eigenvalue weighted by Crippen LogP contribution is -2.29. The molecule has 6 nitrogen and oxygen atoms in total. The Morgan fingerprint density at radius 3 is 2.57 bits per heavy atom. The fourth-order valence-corrected chi connectivity index (χ4v) is 5.34. The van der Waals surface area contributed by atoms with Crippen molar-refractivity contribution in [3.63, 3.8) is 0 Å². The highest BCUT2D eigenvalue weighted by Crippen LogP contribution is 2.46. The van der Waals surface area contributed by atoms with Crippen LogP contribution in [0, 0.1) is 6.92 Å². The maximum atomic E-state index is 13.5. The summed E-state index contributed by atoms with van der Waals surface area (Å²) in [6.45, 7) is 1.89. The van der Waals surface area contributed by atoms with Gasteiger partial charge in [-0.2, -0.15) is 0 Å². The summed E-state index contributed by atoms with van der Waals surface area (Å²) in [5.74, 6) is -1.21. The van der Waals surface area contributed by atoms with E-state index >= 15 is 0 Å². The lowest BCUT2D eigenvalue weighted by atomic mass is 9.93. The number of carbonyl (C=O) groups is 2. The number of methoxy groups -OCH3 is 1. The van der Waals surface area contributed by atoms with Crippen molar-refractivity contribution in [2.24, 2.45) is 0 Å². The first kappa shape index (κ1) is 23.2. The summed E-state index contributed by atoms with van der Waals surface area (Å²) in [6.07, 6.45) is 0. The number of anilines is 1. The molecule has 1 fully saturated rings. The summed E-state index contributed by atoms with van der Waals surface area (Å²) >= 11 is 9.66. The van der Waals surface area contributed by atoms with Crippen molar-refractivity contribution in [2.45, 2.75) is 13.0 Å². The number of ether oxygens (including phenoxy) is 1. The number of para-hydroxylation sites is 1. The Hall–Kier alpha value is -3.55. The zero-order chi connectivity index (χ0) is 24.9. The Balaban J connectivity index is 1.81. The van der Waals surface area contributed by atoms with Crippen LogP contribution in [-0.4, -0.2) is 28.9 Å². The van der Waals surface area contributed by atoms with Crippen molar-refractivity contribution in [2.75, 3.05) is 12.0 Å². The van der Waals surface area contributed by atoms with Gasteiger partial charge >= 0.3 is 0 Å². The highest BCUT2D eigenvalue weighted by molar-refractivity contribution is 9.10. The van der Waals surface area contributed by atoms with E-state index in [9.17, 15) is 14.7 Å². The first-order valence-corrected chi connectivity index (χ1v) is 12.0. The molecule has 8 heteroatoms. The van der Waals surface area contributed by atoms with Gasteiger partial charge in [-0.05, 0) is 65.3 Å². The smallest absolute Gasteiger partial charge is 0.300 e. The van der Waals surface area contributed by atoms with Crippen molar-refractivity contribution in [1.29, 1.82) is 0 Å². The number of aryl methyl sites for hydroxylation is 1. The minimum atomic E-state index is -0.870. The predicted molar refractivity (Wildman–Crippen MR) is 140 cm³/mol. The number of amides is 1. The summed E-state index contributed by atoms with van der Waals surface area (Å²) in [5.41, 5.74) is 3.22. The van der Waals surface area contributed by atoms with Gasteiger partial charge in [0.1, 0.15) is 11.5 Å². The molecule has 0 bridgehead atoms. The molecule has 5 rings (SSSR count). The summed E-state index contributed by atoms with van der Waals surface area (Å²) in [7, 11) is 1.54. The van der Waals surface area contributed by atoms with E-state index in [2.05, 4.69) is 20.9 Å². The van der Waals surface area contributed by atoms with E-state index in [0.29, 0.717) is 26.5 Å².